The Kier molecular flexibility index (Phi) is 7.64. The van der Waals surface area contributed by atoms with Crippen molar-refractivity contribution in [2.24, 2.45) is 0 Å². The Hall–Kier alpha value is -7.21. The zero-order valence-electron chi connectivity index (χ0n) is 30.1. The normalized spacial score (nSPS) is 11.6. The van der Waals surface area contributed by atoms with Gasteiger partial charge in [0.05, 0.1) is 0 Å². The summed E-state index contributed by atoms with van der Waals surface area (Å²) in [7, 11) is 0. The van der Waals surface area contributed by atoms with Crippen molar-refractivity contribution in [1.29, 1.82) is 0 Å². The molecule has 0 aliphatic heterocycles. The molecule has 0 radical (unpaired) electrons. The molecule has 0 aliphatic rings. The summed E-state index contributed by atoms with van der Waals surface area (Å²) in [5.74, 6) is 1.86. The third-order valence-electron chi connectivity index (χ3n) is 10.6. The van der Waals surface area contributed by atoms with E-state index >= 15 is 0 Å². The maximum Gasteiger partial charge on any atom is 0.164 e. The number of hydrogen-bond acceptors (Lipinski definition) is 5. The lowest BCUT2D eigenvalue weighted by Gasteiger charge is -2.11. The molecule has 4 nitrogen and oxygen atoms in total. The second-order valence-electron chi connectivity index (χ2n) is 13.9. The van der Waals surface area contributed by atoms with Crippen molar-refractivity contribution in [2.75, 3.05) is 0 Å². The number of aromatic nitrogens is 3. The summed E-state index contributed by atoms with van der Waals surface area (Å²) in [5.41, 5.74) is 11.5. The predicted molar refractivity (Wildman–Crippen MR) is 233 cm³/mol. The van der Waals surface area contributed by atoms with Crippen molar-refractivity contribution in [3.05, 3.63) is 188 Å². The summed E-state index contributed by atoms with van der Waals surface area (Å²) < 4.78 is 9.21. The van der Waals surface area contributed by atoms with Gasteiger partial charge in [0.15, 0.2) is 17.5 Å². The molecule has 0 bridgehead atoms. The van der Waals surface area contributed by atoms with Gasteiger partial charge in [0, 0.05) is 47.6 Å². The zero-order chi connectivity index (χ0) is 37.0. The van der Waals surface area contributed by atoms with E-state index in [4.69, 9.17) is 19.4 Å². The van der Waals surface area contributed by atoms with E-state index < -0.39 is 0 Å². The molecular weight excluding hydrogens is 703 g/mol. The van der Waals surface area contributed by atoms with Crippen LogP contribution in [0.4, 0.5) is 0 Å². The number of hydrogen-bond donors (Lipinski definition) is 0. The fourth-order valence-electron chi connectivity index (χ4n) is 7.90. The Bertz CT molecular complexity index is 3180. The third kappa shape index (κ3) is 5.48. The molecule has 0 spiro atoms. The molecule has 11 aromatic rings. The van der Waals surface area contributed by atoms with E-state index in [-0.39, 0.29) is 0 Å². The van der Waals surface area contributed by atoms with Gasteiger partial charge in [-0.3, -0.25) is 0 Å². The Balaban J connectivity index is 1.07. The standard InChI is InChI=1S/C51H31N3OS/c1-4-14-32(15-5-1)35-20-12-21-36(30-35)39-29-28-38(47-41-22-10-11-25-45(41)56-48(39)47)37-26-27-40-44(31-37)55-43-24-13-23-42(46(40)43)51-53-49(33-16-6-2-7-17-33)52-50(54-51)34-18-8-3-9-19-34/h1-31H. The largest absolute Gasteiger partial charge is 0.456 e. The monoisotopic (exact) mass is 733 g/mol. The van der Waals surface area contributed by atoms with Gasteiger partial charge in [-0.2, -0.15) is 0 Å². The molecule has 3 aromatic heterocycles. The zero-order valence-corrected chi connectivity index (χ0v) is 30.9. The molecule has 0 unspecified atom stereocenters. The molecule has 0 N–H and O–H groups in total. The van der Waals surface area contributed by atoms with Crippen molar-refractivity contribution in [3.63, 3.8) is 0 Å². The second kappa shape index (κ2) is 13.3. The Morgan fingerprint density at radius 1 is 0.339 bits per heavy atom. The van der Waals surface area contributed by atoms with E-state index in [1.165, 1.54) is 48.0 Å². The van der Waals surface area contributed by atoms with E-state index in [2.05, 4.69) is 115 Å². The van der Waals surface area contributed by atoms with E-state index in [0.717, 1.165) is 44.2 Å². The van der Waals surface area contributed by atoms with Crippen molar-refractivity contribution >= 4 is 53.4 Å². The van der Waals surface area contributed by atoms with Gasteiger partial charge in [-0.1, -0.05) is 158 Å². The van der Waals surface area contributed by atoms with E-state index in [0.29, 0.717) is 17.5 Å². The van der Waals surface area contributed by atoms with Crippen LogP contribution in [0.15, 0.2) is 192 Å². The van der Waals surface area contributed by atoms with Crippen LogP contribution in [0.25, 0.3) is 110 Å². The van der Waals surface area contributed by atoms with Crippen LogP contribution in [-0.4, -0.2) is 15.0 Å². The van der Waals surface area contributed by atoms with Gasteiger partial charge in [0.25, 0.3) is 0 Å². The lowest BCUT2D eigenvalue weighted by molar-refractivity contribution is 0.669. The number of fused-ring (bicyclic) bond motifs is 6. The number of rotatable bonds is 6. The van der Waals surface area contributed by atoms with Crippen LogP contribution in [0.3, 0.4) is 0 Å². The van der Waals surface area contributed by atoms with Gasteiger partial charge >= 0.3 is 0 Å². The average Bonchev–Trinajstić information content (AvgIpc) is 3.86. The molecule has 0 atom stereocenters. The van der Waals surface area contributed by atoms with Gasteiger partial charge in [-0.15, -0.1) is 11.3 Å². The minimum atomic E-state index is 0.605. The number of thiophene rings is 1. The number of furan rings is 1. The van der Waals surface area contributed by atoms with Gasteiger partial charge in [-0.05, 0) is 63.7 Å². The molecule has 262 valence electrons. The first kappa shape index (κ1) is 32.2. The van der Waals surface area contributed by atoms with Crippen molar-refractivity contribution in [1.82, 2.24) is 15.0 Å². The summed E-state index contributed by atoms with van der Waals surface area (Å²) >= 11 is 1.86. The SMILES string of the molecule is c1ccc(-c2cccc(-c3ccc(-c4ccc5c(c4)oc4cccc(-c6nc(-c7ccccc7)nc(-c7ccccc7)n6)c45)c4c3sc3ccccc34)c2)cc1. The van der Waals surface area contributed by atoms with E-state index in [9.17, 15) is 0 Å². The van der Waals surface area contributed by atoms with E-state index in [1.54, 1.807) is 0 Å². The third-order valence-corrected chi connectivity index (χ3v) is 11.8. The molecule has 0 aliphatic carbocycles. The second-order valence-corrected chi connectivity index (χ2v) is 15.0. The Morgan fingerprint density at radius 2 is 0.929 bits per heavy atom. The summed E-state index contributed by atoms with van der Waals surface area (Å²) in [5, 5.41) is 4.52. The minimum absolute atomic E-state index is 0.605. The summed E-state index contributed by atoms with van der Waals surface area (Å²) in [6.07, 6.45) is 0. The van der Waals surface area contributed by atoms with Gasteiger partial charge < -0.3 is 4.42 Å². The average molecular weight is 734 g/mol. The predicted octanol–water partition coefficient (Wildman–Crippen LogP) is 14.1. The quantitative estimate of drug-likeness (QED) is 0.171. The van der Waals surface area contributed by atoms with Crippen molar-refractivity contribution < 1.29 is 4.42 Å². The highest BCUT2D eigenvalue weighted by molar-refractivity contribution is 7.26. The number of nitrogens with zero attached hydrogens (tertiary/aromatic N) is 3. The first-order valence-corrected chi connectivity index (χ1v) is 19.5. The van der Waals surface area contributed by atoms with Crippen molar-refractivity contribution in [3.8, 4) is 67.5 Å². The van der Waals surface area contributed by atoms with Crippen LogP contribution in [0.2, 0.25) is 0 Å². The highest BCUT2D eigenvalue weighted by Crippen LogP contribution is 2.46. The molecule has 0 saturated carbocycles. The molecule has 0 fully saturated rings. The maximum atomic E-state index is 6.67. The van der Waals surface area contributed by atoms with Gasteiger partial charge in [0.1, 0.15) is 11.2 Å². The lowest BCUT2D eigenvalue weighted by Crippen LogP contribution is -2.00. The highest BCUT2D eigenvalue weighted by atomic mass is 32.1. The molecule has 3 heterocycles. The van der Waals surface area contributed by atoms with Crippen LogP contribution >= 0.6 is 11.3 Å². The molecule has 5 heteroatoms. The molecule has 11 rings (SSSR count). The van der Waals surface area contributed by atoms with Crippen LogP contribution in [-0.2, 0) is 0 Å². The van der Waals surface area contributed by atoms with Gasteiger partial charge in [0.2, 0.25) is 0 Å². The molecule has 0 amide bonds. The fourth-order valence-corrected chi connectivity index (χ4v) is 9.17. The Labute approximate surface area is 327 Å². The maximum absolute atomic E-state index is 6.67. The summed E-state index contributed by atoms with van der Waals surface area (Å²) in [6, 6.07) is 65.7. The highest BCUT2D eigenvalue weighted by Gasteiger charge is 2.20. The topological polar surface area (TPSA) is 51.8 Å². The van der Waals surface area contributed by atoms with Gasteiger partial charge in [-0.25, -0.2) is 15.0 Å². The van der Waals surface area contributed by atoms with Crippen LogP contribution in [0.5, 0.6) is 0 Å². The molecule has 56 heavy (non-hydrogen) atoms. The molecular formula is C51H31N3OS. The van der Waals surface area contributed by atoms with Crippen LogP contribution in [0.1, 0.15) is 0 Å². The van der Waals surface area contributed by atoms with Crippen molar-refractivity contribution in [2.45, 2.75) is 0 Å². The lowest BCUT2D eigenvalue weighted by atomic mass is 9.93. The summed E-state index contributed by atoms with van der Waals surface area (Å²) in [4.78, 5) is 15.0. The fraction of sp³-hybridized carbons (Fsp3) is 0. The number of benzene rings is 8. The van der Waals surface area contributed by atoms with Crippen LogP contribution in [0, 0.1) is 0 Å². The first-order chi connectivity index (χ1) is 27.7. The molecule has 0 saturated heterocycles. The Morgan fingerprint density at radius 3 is 1.68 bits per heavy atom. The molecule has 8 aromatic carbocycles. The van der Waals surface area contributed by atoms with E-state index in [1.807, 2.05) is 84.1 Å². The van der Waals surface area contributed by atoms with Crippen LogP contribution < -0.4 is 0 Å². The minimum Gasteiger partial charge on any atom is -0.456 e. The first-order valence-electron chi connectivity index (χ1n) is 18.7. The summed E-state index contributed by atoms with van der Waals surface area (Å²) in [6.45, 7) is 0. The smallest absolute Gasteiger partial charge is 0.164 e.